The van der Waals surface area contributed by atoms with E-state index in [0.717, 1.165) is 0 Å². The number of hydrogen-bond acceptors (Lipinski definition) is 7. The Kier molecular flexibility index (Phi) is 6.11. The molecule has 34 heavy (non-hydrogen) atoms. The second-order valence-electron chi connectivity index (χ2n) is 8.09. The number of carbonyl (C=O) groups excluding carboxylic acids is 1. The third kappa shape index (κ3) is 4.08. The first-order valence-electron chi connectivity index (χ1n) is 11.0. The minimum absolute atomic E-state index is 0.153. The van der Waals surface area contributed by atoms with E-state index in [4.69, 9.17) is 14.2 Å². The molecule has 0 aliphatic carbocycles. The van der Waals surface area contributed by atoms with Crippen molar-refractivity contribution in [2.24, 2.45) is 0 Å². The summed E-state index contributed by atoms with van der Waals surface area (Å²) in [4.78, 5) is 15.3. The first-order chi connectivity index (χ1) is 16.5. The molecular weight excluding hydrogens is 458 g/mol. The van der Waals surface area contributed by atoms with Gasteiger partial charge in [-0.1, -0.05) is 24.3 Å². The average molecular weight is 484 g/mol. The van der Waals surface area contributed by atoms with Crippen LogP contribution in [0.2, 0.25) is 0 Å². The summed E-state index contributed by atoms with van der Waals surface area (Å²) in [6.07, 6.45) is 0. The van der Waals surface area contributed by atoms with Crippen molar-refractivity contribution < 1.29 is 27.4 Å². The molecule has 2 aromatic carbocycles. The number of fused-ring (bicyclic) bond motifs is 3. The van der Waals surface area contributed by atoms with Gasteiger partial charge < -0.3 is 19.1 Å². The van der Waals surface area contributed by atoms with Gasteiger partial charge in [0.1, 0.15) is 12.4 Å². The predicted molar refractivity (Wildman–Crippen MR) is 124 cm³/mol. The van der Waals surface area contributed by atoms with E-state index in [-0.39, 0.29) is 22.2 Å². The fourth-order valence-corrected chi connectivity index (χ4v) is 5.88. The molecule has 3 heterocycles. The van der Waals surface area contributed by atoms with Crippen LogP contribution < -0.4 is 4.74 Å². The van der Waals surface area contributed by atoms with Crippen molar-refractivity contribution in [3.8, 4) is 22.7 Å². The number of rotatable bonds is 6. The van der Waals surface area contributed by atoms with Gasteiger partial charge in [0.15, 0.2) is 15.5 Å². The summed E-state index contributed by atoms with van der Waals surface area (Å²) >= 11 is 0. The maximum Gasteiger partial charge on any atom is 0.274 e. The molecule has 1 fully saturated rings. The maximum atomic E-state index is 13.4. The van der Waals surface area contributed by atoms with Crippen LogP contribution in [0.4, 0.5) is 0 Å². The van der Waals surface area contributed by atoms with E-state index in [0.29, 0.717) is 67.8 Å². The molecule has 0 spiro atoms. The van der Waals surface area contributed by atoms with Gasteiger partial charge in [0, 0.05) is 37.4 Å². The minimum atomic E-state index is -3.62. The Labute approximate surface area is 197 Å². The molecule has 0 bridgehead atoms. The molecule has 0 unspecified atom stereocenters. The van der Waals surface area contributed by atoms with Gasteiger partial charge in [-0.3, -0.25) is 4.79 Å². The van der Waals surface area contributed by atoms with Crippen LogP contribution in [0.25, 0.3) is 16.9 Å². The Bertz CT molecular complexity index is 1330. The highest BCUT2D eigenvalue weighted by atomic mass is 32.2. The lowest BCUT2D eigenvalue weighted by molar-refractivity contribution is 0.0298. The number of hydrogen-bond donors (Lipinski definition) is 0. The second kappa shape index (κ2) is 9.21. The van der Waals surface area contributed by atoms with Crippen LogP contribution in [-0.4, -0.2) is 75.6 Å². The second-order valence-corrected chi connectivity index (χ2v) is 10.0. The number of ether oxygens (including phenoxy) is 3. The van der Waals surface area contributed by atoms with Gasteiger partial charge in [-0.05, 0) is 18.2 Å². The van der Waals surface area contributed by atoms with Gasteiger partial charge in [-0.2, -0.15) is 5.10 Å². The molecule has 3 aromatic rings. The van der Waals surface area contributed by atoms with E-state index in [2.05, 4.69) is 5.10 Å². The lowest BCUT2D eigenvalue weighted by Crippen LogP contribution is -2.41. The smallest absolute Gasteiger partial charge is 0.274 e. The molecule has 10 heteroatoms. The van der Waals surface area contributed by atoms with Gasteiger partial charge in [-0.25, -0.2) is 13.1 Å². The van der Waals surface area contributed by atoms with Gasteiger partial charge in [0.05, 0.1) is 41.9 Å². The third-order valence-corrected chi connectivity index (χ3v) is 7.61. The summed E-state index contributed by atoms with van der Waals surface area (Å²) in [6, 6.07) is 14.2. The molecule has 2 aliphatic rings. The molecule has 0 saturated carbocycles. The third-order valence-electron chi connectivity index (χ3n) is 5.91. The minimum Gasteiger partial charge on any atom is -0.491 e. The zero-order valence-electron chi connectivity index (χ0n) is 18.8. The molecule has 2 aliphatic heterocycles. The van der Waals surface area contributed by atoms with Gasteiger partial charge in [0.2, 0.25) is 0 Å². The van der Waals surface area contributed by atoms with Crippen molar-refractivity contribution in [2.45, 2.75) is 10.6 Å². The van der Waals surface area contributed by atoms with E-state index < -0.39 is 9.84 Å². The molecule has 178 valence electrons. The highest BCUT2D eigenvalue weighted by molar-refractivity contribution is 7.90. The fraction of sp³-hybridized carbons (Fsp3) is 0.333. The van der Waals surface area contributed by atoms with Crippen LogP contribution in [0.3, 0.4) is 0 Å². The van der Waals surface area contributed by atoms with Crippen molar-refractivity contribution >= 4 is 15.7 Å². The summed E-state index contributed by atoms with van der Waals surface area (Å²) in [7, 11) is -2.02. The summed E-state index contributed by atoms with van der Waals surface area (Å²) in [5, 5.41) is 4.68. The number of benzene rings is 2. The lowest BCUT2D eigenvalue weighted by atomic mass is 10.0. The predicted octanol–water partition coefficient (Wildman–Crippen LogP) is 2.32. The number of aromatic nitrogens is 2. The van der Waals surface area contributed by atoms with Crippen molar-refractivity contribution in [3.63, 3.8) is 0 Å². The maximum absolute atomic E-state index is 13.4. The molecule has 1 amide bonds. The van der Waals surface area contributed by atoms with Crippen molar-refractivity contribution in [2.75, 3.05) is 46.6 Å². The van der Waals surface area contributed by atoms with Crippen LogP contribution >= 0.6 is 0 Å². The van der Waals surface area contributed by atoms with E-state index >= 15 is 0 Å². The Morgan fingerprint density at radius 2 is 1.88 bits per heavy atom. The molecule has 0 N–H and O–H groups in total. The van der Waals surface area contributed by atoms with Crippen LogP contribution in [0.5, 0.6) is 5.75 Å². The molecule has 9 nitrogen and oxygen atoms in total. The van der Waals surface area contributed by atoms with E-state index in [1.165, 1.54) is 0 Å². The van der Waals surface area contributed by atoms with Crippen molar-refractivity contribution in [1.29, 1.82) is 0 Å². The first-order valence-corrected chi connectivity index (χ1v) is 12.7. The quantitative estimate of drug-likeness (QED) is 0.496. The monoisotopic (exact) mass is 483 g/mol. The van der Waals surface area contributed by atoms with Crippen LogP contribution in [0.15, 0.2) is 53.4 Å². The Hall–Kier alpha value is -3.21. The van der Waals surface area contributed by atoms with Crippen LogP contribution in [0.1, 0.15) is 16.1 Å². The Balaban J connectivity index is 1.66. The Morgan fingerprint density at radius 1 is 1.09 bits per heavy atom. The van der Waals surface area contributed by atoms with E-state index in [1.54, 1.807) is 41.0 Å². The highest BCUT2D eigenvalue weighted by Gasteiger charge is 2.37. The van der Waals surface area contributed by atoms with E-state index in [9.17, 15) is 13.2 Å². The molecule has 1 saturated heterocycles. The zero-order valence-corrected chi connectivity index (χ0v) is 19.6. The molecule has 0 atom stereocenters. The topological polar surface area (TPSA) is 100.0 Å². The number of sulfone groups is 1. The van der Waals surface area contributed by atoms with Gasteiger partial charge in [-0.15, -0.1) is 0 Å². The highest BCUT2D eigenvalue weighted by Crippen LogP contribution is 2.41. The fourth-order valence-electron chi connectivity index (χ4n) is 4.29. The largest absolute Gasteiger partial charge is 0.491 e. The zero-order chi connectivity index (χ0) is 23.7. The first kappa shape index (κ1) is 22.6. The van der Waals surface area contributed by atoms with Crippen molar-refractivity contribution in [1.82, 2.24) is 14.7 Å². The summed E-state index contributed by atoms with van der Waals surface area (Å²) in [5.74, 6) is 0.0476. The average Bonchev–Trinajstić information content (AvgIpc) is 3.23. The summed E-state index contributed by atoms with van der Waals surface area (Å²) in [5.41, 5.74) is 2.38. The van der Waals surface area contributed by atoms with Gasteiger partial charge >= 0.3 is 0 Å². The standard InChI is InChI=1S/C24H25N3O6S/c1-31-13-14-33-18-6-4-5-17(15-18)27-23-19-7-2-3-8-21(19)34(29,30)16-20(23)22(25-27)24(28)26-9-11-32-12-10-26/h2-8,15H,9-14,16H2,1H3. The molecule has 0 radical (unpaired) electrons. The Morgan fingerprint density at radius 3 is 2.68 bits per heavy atom. The van der Waals surface area contributed by atoms with Crippen LogP contribution in [0, 0.1) is 0 Å². The number of nitrogens with zero attached hydrogens (tertiary/aromatic N) is 3. The number of carbonyl (C=O) groups is 1. The number of morpholine rings is 1. The van der Waals surface area contributed by atoms with E-state index in [1.807, 2.05) is 24.3 Å². The number of amides is 1. The molecule has 5 rings (SSSR count). The summed E-state index contributed by atoms with van der Waals surface area (Å²) in [6.45, 7) is 2.59. The van der Waals surface area contributed by atoms with Crippen LogP contribution in [-0.2, 0) is 25.1 Å². The molecular formula is C24H25N3O6S. The lowest BCUT2D eigenvalue weighted by Gasteiger charge is -2.26. The van der Waals surface area contributed by atoms with Gasteiger partial charge in [0.25, 0.3) is 5.91 Å². The normalized spacial score (nSPS) is 16.6. The number of methoxy groups -OCH3 is 1. The summed E-state index contributed by atoms with van der Waals surface area (Å²) < 4.78 is 44.1. The van der Waals surface area contributed by atoms with Crippen molar-refractivity contribution in [3.05, 3.63) is 59.8 Å². The SMILES string of the molecule is COCCOc1cccc(-n2nc(C(=O)N3CCOCC3)c3c2-c2ccccc2S(=O)(=O)C3)c1. The molecule has 1 aromatic heterocycles.